The topological polar surface area (TPSA) is 57.8 Å². The van der Waals surface area contributed by atoms with E-state index < -0.39 is 0 Å². The summed E-state index contributed by atoms with van der Waals surface area (Å²) in [6.45, 7) is -0.0983. The molecule has 0 radical (unpaired) electrons. The van der Waals surface area contributed by atoms with Crippen LogP contribution in [0.25, 0.3) is 5.52 Å². The van der Waals surface area contributed by atoms with E-state index in [1.165, 1.54) is 0 Å². The third kappa shape index (κ3) is 0.931. The Morgan fingerprint density at radius 3 is 3.08 bits per heavy atom. The van der Waals surface area contributed by atoms with Crippen molar-refractivity contribution in [2.75, 3.05) is 0 Å². The fourth-order valence-corrected chi connectivity index (χ4v) is 1.16. The van der Waals surface area contributed by atoms with Crippen molar-refractivity contribution in [2.24, 2.45) is 0 Å². The van der Waals surface area contributed by atoms with Gasteiger partial charge in [0.2, 0.25) is 0 Å². The third-order valence-electron chi connectivity index (χ3n) is 1.73. The quantitative estimate of drug-likeness (QED) is 0.646. The lowest BCUT2D eigenvalue weighted by Gasteiger charge is -1.97. The maximum Gasteiger partial charge on any atom is 0.139 e. The molecule has 0 saturated carbocycles. The van der Waals surface area contributed by atoms with Gasteiger partial charge in [-0.2, -0.15) is 0 Å². The molecule has 0 aliphatic carbocycles. The summed E-state index contributed by atoms with van der Waals surface area (Å²) in [5.74, 6) is 0.775. The lowest BCUT2D eigenvalue weighted by Crippen LogP contribution is -1.92. The first-order valence-electron chi connectivity index (χ1n) is 3.57. The van der Waals surface area contributed by atoms with Gasteiger partial charge in [0.15, 0.2) is 0 Å². The number of pyridine rings is 1. The first-order valence-corrected chi connectivity index (χ1v) is 3.57. The average Bonchev–Trinajstić information content (AvgIpc) is 2.46. The summed E-state index contributed by atoms with van der Waals surface area (Å²) in [5, 5.41) is 18.0. The van der Waals surface area contributed by atoms with E-state index in [9.17, 15) is 0 Å². The fraction of sp³-hybridized carbons (Fsp3) is 0.125. The second-order valence-electron chi connectivity index (χ2n) is 2.51. The fourth-order valence-electron chi connectivity index (χ4n) is 1.16. The van der Waals surface area contributed by atoms with E-state index in [1.54, 1.807) is 28.9 Å². The van der Waals surface area contributed by atoms with Crippen molar-refractivity contribution in [3.05, 3.63) is 30.4 Å². The van der Waals surface area contributed by atoms with E-state index >= 15 is 0 Å². The molecule has 0 fully saturated rings. The Labute approximate surface area is 68.7 Å². The predicted octanol–water partition coefficient (Wildman–Crippen LogP) is 0.532. The van der Waals surface area contributed by atoms with Crippen molar-refractivity contribution in [3.63, 3.8) is 0 Å². The molecular formula is C8H8N2O2. The smallest absolute Gasteiger partial charge is 0.139 e. The van der Waals surface area contributed by atoms with E-state index in [2.05, 4.69) is 4.98 Å². The van der Waals surface area contributed by atoms with Gasteiger partial charge in [0, 0.05) is 12.3 Å². The normalized spacial score (nSPS) is 10.8. The predicted molar refractivity (Wildman–Crippen MR) is 42.8 cm³/mol. The van der Waals surface area contributed by atoms with Gasteiger partial charge < -0.3 is 14.6 Å². The van der Waals surface area contributed by atoms with Gasteiger partial charge in [0.05, 0.1) is 11.7 Å². The monoisotopic (exact) mass is 164 g/mol. The minimum Gasteiger partial charge on any atom is -0.508 e. The molecule has 0 aromatic carbocycles. The van der Waals surface area contributed by atoms with Crippen LogP contribution in [0.4, 0.5) is 0 Å². The Morgan fingerprint density at radius 1 is 1.50 bits per heavy atom. The molecule has 62 valence electrons. The molecule has 0 aliphatic heterocycles. The van der Waals surface area contributed by atoms with Crippen molar-refractivity contribution in [2.45, 2.75) is 6.61 Å². The molecule has 0 atom stereocenters. The highest BCUT2D eigenvalue weighted by molar-refractivity contribution is 5.49. The van der Waals surface area contributed by atoms with Gasteiger partial charge in [-0.05, 0) is 6.07 Å². The van der Waals surface area contributed by atoms with E-state index in [0.29, 0.717) is 5.82 Å². The maximum atomic E-state index is 9.11. The van der Waals surface area contributed by atoms with Crippen LogP contribution < -0.4 is 0 Å². The summed E-state index contributed by atoms with van der Waals surface area (Å²) >= 11 is 0. The Morgan fingerprint density at radius 2 is 2.33 bits per heavy atom. The number of hydrogen-bond donors (Lipinski definition) is 2. The van der Waals surface area contributed by atoms with Crippen LogP contribution in [0.3, 0.4) is 0 Å². The van der Waals surface area contributed by atoms with Crippen molar-refractivity contribution in [1.82, 2.24) is 9.38 Å². The highest BCUT2D eigenvalue weighted by Gasteiger charge is 2.01. The van der Waals surface area contributed by atoms with Crippen LogP contribution in [0.15, 0.2) is 24.5 Å². The first kappa shape index (κ1) is 7.12. The van der Waals surface area contributed by atoms with Crippen molar-refractivity contribution < 1.29 is 10.2 Å². The second-order valence-corrected chi connectivity index (χ2v) is 2.51. The van der Waals surface area contributed by atoms with Crippen molar-refractivity contribution in [3.8, 4) is 5.75 Å². The molecule has 0 spiro atoms. The SMILES string of the molecule is OCc1ncc2cc(O)ccn12. The lowest BCUT2D eigenvalue weighted by atomic mass is 10.4. The molecule has 4 heteroatoms. The van der Waals surface area contributed by atoms with E-state index in [1.807, 2.05) is 0 Å². The molecule has 0 bridgehead atoms. The molecule has 2 N–H and O–H groups in total. The van der Waals surface area contributed by atoms with Crippen LogP contribution in [0.5, 0.6) is 5.75 Å². The summed E-state index contributed by atoms with van der Waals surface area (Å²) in [5.41, 5.74) is 0.777. The minimum atomic E-state index is -0.0983. The molecule has 0 aliphatic rings. The molecule has 0 saturated heterocycles. The zero-order valence-corrected chi connectivity index (χ0v) is 6.31. The van der Waals surface area contributed by atoms with Gasteiger partial charge in [0.25, 0.3) is 0 Å². The third-order valence-corrected chi connectivity index (χ3v) is 1.73. The van der Waals surface area contributed by atoms with Gasteiger partial charge in [-0.15, -0.1) is 0 Å². The summed E-state index contributed by atoms with van der Waals surface area (Å²) in [6, 6.07) is 3.14. The van der Waals surface area contributed by atoms with E-state index in [4.69, 9.17) is 10.2 Å². The first-order chi connectivity index (χ1) is 5.81. The molecule has 12 heavy (non-hydrogen) atoms. The summed E-state index contributed by atoms with van der Waals surface area (Å²) < 4.78 is 1.72. The molecule has 0 unspecified atom stereocenters. The average molecular weight is 164 g/mol. The number of hydrogen-bond acceptors (Lipinski definition) is 3. The molecule has 2 aromatic rings. The molecule has 2 heterocycles. The van der Waals surface area contributed by atoms with Gasteiger partial charge in [-0.25, -0.2) is 4.98 Å². The van der Waals surface area contributed by atoms with Crippen LogP contribution >= 0.6 is 0 Å². The number of nitrogens with zero attached hydrogens (tertiary/aromatic N) is 2. The lowest BCUT2D eigenvalue weighted by molar-refractivity contribution is 0.270. The zero-order chi connectivity index (χ0) is 8.55. The maximum absolute atomic E-state index is 9.11. The van der Waals surface area contributed by atoms with Gasteiger partial charge in [-0.3, -0.25) is 0 Å². The van der Waals surface area contributed by atoms with Gasteiger partial charge in [-0.1, -0.05) is 0 Å². The van der Waals surface area contributed by atoms with Crippen LogP contribution in [0, 0.1) is 0 Å². The Kier molecular flexibility index (Phi) is 1.48. The molecular weight excluding hydrogens is 156 g/mol. The van der Waals surface area contributed by atoms with Crippen LogP contribution in [-0.2, 0) is 6.61 Å². The van der Waals surface area contributed by atoms with Gasteiger partial charge in [0.1, 0.15) is 18.2 Å². The number of rotatable bonds is 1. The number of aliphatic hydroxyl groups excluding tert-OH is 1. The number of imidazole rings is 1. The molecule has 2 aromatic heterocycles. The molecule has 2 rings (SSSR count). The summed E-state index contributed by atoms with van der Waals surface area (Å²) in [6.07, 6.45) is 3.27. The number of fused-ring (bicyclic) bond motifs is 1. The van der Waals surface area contributed by atoms with E-state index in [0.717, 1.165) is 5.52 Å². The van der Waals surface area contributed by atoms with Crippen molar-refractivity contribution in [1.29, 1.82) is 0 Å². The number of aromatic hydroxyl groups is 1. The molecule has 0 amide bonds. The summed E-state index contributed by atoms with van der Waals surface area (Å²) in [7, 11) is 0. The zero-order valence-electron chi connectivity index (χ0n) is 6.31. The molecule has 4 nitrogen and oxygen atoms in total. The van der Waals surface area contributed by atoms with Gasteiger partial charge >= 0.3 is 0 Å². The summed E-state index contributed by atoms with van der Waals surface area (Å²) in [4.78, 5) is 3.96. The van der Waals surface area contributed by atoms with Crippen molar-refractivity contribution >= 4 is 5.52 Å². The van der Waals surface area contributed by atoms with E-state index in [-0.39, 0.29) is 12.4 Å². The Hall–Kier alpha value is -1.55. The van der Waals surface area contributed by atoms with Crippen LogP contribution in [0.1, 0.15) is 5.82 Å². The highest BCUT2D eigenvalue weighted by Crippen LogP contribution is 2.13. The number of aromatic nitrogens is 2. The highest BCUT2D eigenvalue weighted by atomic mass is 16.3. The largest absolute Gasteiger partial charge is 0.508 e. The standard InChI is InChI=1S/C8H8N2O2/c11-5-8-9-4-6-3-7(12)1-2-10(6)8/h1-4,11-12H,5H2. The Balaban J connectivity index is 2.73. The van der Waals surface area contributed by atoms with Crippen LogP contribution in [-0.4, -0.2) is 19.6 Å². The minimum absolute atomic E-state index is 0.0983. The Bertz CT molecular complexity index is 408. The van der Waals surface area contributed by atoms with Crippen LogP contribution in [0.2, 0.25) is 0 Å². The second kappa shape index (κ2) is 2.49. The number of aliphatic hydroxyl groups is 1.